The van der Waals surface area contributed by atoms with Gasteiger partial charge in [-0.15, -0.1) is 0 Å². The molecule has 2 fully saturated rings. The van der Waals surface area contributed by atoms with E-state index in [9.17, 15) is 9.59 Å². The number of anilines is 1. The molecule has 0 aromatic heterocycles. The van der Waals surface area contributed by atoms with Crippen molar-refractivity contribution in [3.8, 4) is 0 Å². The van der Waals surface area contributed by atoms with Crippen LogP contribution in [0.2, 0.25) is 0 Å². The normalized spacial score (nSPS) is 23.4. The first-order chi connectivity index (χ1) is 12.6. The predicted octanol–water partition coefficient (Wildman–Crippen LogP) is 3.14. The van der Waals surface area contributed by atoms with Gasteiger partial charge in [0.25, 0.3) is 0 Å². The molecule has 0 unspecified atom stereocenters. The number of ether oxygens (including phenoxy) is 1. The summed E-state index contributed by atoms with van der Waals surface area (Å²) >= 11 is 0. The molecule has 0 bridgehead atoms. The maximum Gasteiger partial charge on any atom is 0.317 e. The van der Waals surface area contributed by atoms with E-state index in [0.717, 1.165) is 36.4 Å². The molecule has 0 radical (unpaired) electrons. The molecule has 142 valence electrons. The molecule has 2 aliphatic rings. The zero-order valence-electron chi connectivity index (χ0n) is 15.5. The average Bonchev–Trinajstić information content (AvgIpc) is 2.62. The maximum absolute atomic E-state index is 12.2. The Hall–Kier alpha value is -2.08. The van der Waals surface area contributed by atoms with Crippen LogP contribution in [0, 0.1) is 5.92 Å². The minimum Gasteiger partial charge on any atom is -0.374 e. The molecule has 26 heavy (non-hydrogen) atoms. The first-order valence-electron chi connectivity index (χ1n) is 9.63. The first-order valence-corrected chi connectivity index (χ1v) is 9.63. The van der Waals surface area contributed by atoms with Crippen molar-refractivity contribution >= 4 is 17.6 Å². The van der Waals surface area contributed by atoms with Crippen LogP contribution < -0.4 is 10.6 Å². The Balaban J connectivity index is 1.48. The number of benzene rings is 1. The molecule has 6 nitrogen and oxygen atoms in total. The van der Waals surface area contributed by atoms with Gasteiger partial charge in [0.2, 0.25) is 5.91 Å². The quantitative estimate of drug-likeness (QED) is 0.820. The van der Waals surface area contributed by atoms with Gasteiger partial charge in [0.1, 0.15) is 6.54 Å². The SMILES string of the molecule is C[C@H]1CCC[C@H](OCc2cccc(NC(=O)CN3CCCNC3=O)c2)C1. The molecule has 6 heteroatoms. The van der Waals surface area contributed by atoms with Crippen molar-refractivity contribution in [1.82, 2.24) is 10.2 Å². The van der Waals surface area contributed by atoms with Gasteiger partial charge < -0.3 is 20.3 Å². The van der Waals surface area contributed by atoms with E-state index in [1.54, 1.807) is 0 Å². The highest BCUT2D eigenvalue weighted by Crippen LogP contribution is 2.26. The number of carbonyl (C=O) groups excluding carboxylic acids is 2. The number of hydrogen-bond donors (Lipinski definition) is 2. The third kappa shape index (κ3) is 5.46. The van der Waals surface area contributed by atoms with Gasteiger partial charge in [-0.25, -0.2) is 4.79 Å². The Kier molecular flexibility index (Phi) is 6.50. The number of urea groups is 1. The maximum atomic E-state index is 12.2. The summed E-state index contributed by atoms with van der Waals surface area (Å²) in [6.07, 6.45) is 6.02. The minimum absolute atomic E-state index is 0.0759. The standard InChI is InChI=1S/C20H29N3O3/c1-15-5-2-8-18(11-15)26-14-16-6-3-7-17(12-16)22-19(24)13-23-10-4-9-21-20(23)25/h3,6-7,12,15,18H,2,4-5,8-11,13-14H2,1H3,(H,21,25)(H,22,24)/t15-,18-/m0/s1. The van der Waals surface area contributed by atoms with E-state index >= 15 is 0 Å². The molecule has 2 N–H and O–H groups in total. The van der Waals surface area contributed by atoms with Crippen LogP contribution in [0.25, 0.3) is 0 Å². The van der Waals surface area contributed by atoms with Crippen LogP contribution in [0.5, 0.6) is 0 Å². The van der Waals surface area contributed by atoms with Gasteiger partial charge >= 0.3 is 6.03 Å². The first kappa shape index (κ1) is 18.7. The molecule has 1 heterocycles. The molecule has 1 aromatic rings. The number of nitrogens with zero attached hydrogens (tertiary/aromatic N) is 1. The van der Waals surface area contributed by atoms with Crippen LogP contribution in [0.3, 0.4) is 0 Å². The van der Waals surface area contributed by atoms with E-state index in [1.807, 2.05) is 24.3 Å². The monoisotopic (exact) mass is 359 g/mol. The lowest BCUT2D eigenvalue weighted by Gasteiger charge is -2.27. The number of nitrogens with one attached hydrogen (secondary N) is 2. The van der Waals surface area contributed by atoms with Crippen LogP contribution in [0.4, 0.5) is 10.5 Å². The topological polar surface area (TPSA) is 70.7 Å². The van der Waals surface area contributed by atoms with Crippen molar-refractivity contribution in [3.05, 3.63) is 29.8 Å². The van der Waals surface area contributed by atoms with Crippen LogP contribution in [0.15, 0.2) is 24.3 Å². The summed E-state index contributed by atoms with van der Waals surface area (Å²) in [4.78, 5) is 25.5. The van der Waals surface area contributed by atoms with E-state index in [4.69, 9.17) is 4.74 Å². The molecule has 1 aromatic carbocycles. The van der Waals surface area contributed by atoms with Crippen LogP contribution in [0.1, 0.15) is 44.6 Å². The smallest absolute Gasteiger partial charge is 0.317 e. The Labute approximate surface area is 155 Å². The Bertz CT molecular complexity index is 634. The van der Waals surface area contributed by atoms with E-state index in [0.29, 0.717) is 25.8 Å². The third-order valence-corrected chi connectivity index (χ3v) is 5.09. The van der Waals surface area contributed by atoms with Crippen molar-refractivity contribution in [2.24, 2.45) is 5.92 Å². The number of hydrogen-bond acceptors (Lipinski definition) is 3. The van der Waals surface area contributed by atoms with Crippen molar-refractivity contribution in [2.45, 2.75) is 51.7 Å². The van der Waals surface area contributed by atoms with Crippen LogP contribution >= 0.6 is 0 Å². The van der Waals surface area contributed by atoms with Crippen molar-refractivity contribution in [2.75, 3.05) is 25.0 Å². The molecule has 3 rings (SSSR count). The Morgan fingerprint density at radius 1 is 1.35 bits per heavy atom. The summed E-state index contributed by atoms with van der Waals surface area (Å²) in [5.74, 6) is 0.563. The van der Waals surface area contributed by atoms with Gasteiger partial charge in [0.05, 0.1) is 12.7 Å². The number of rotatable bonds is 6. The summed E-state index contributed by atoms with van der Waals surface area (Å²) in [6, 6.07) is 7.57. The van der Waals surface area contributed by atoms with Crippen molar-refractivity contribution in [3.63, 3.8) is 0 Å². The Morgan fingerprint density at radius 2 is 2.23 bits per heavy atom. The third-order valence-electron chi connectivity index (χ3n) is 5.09. The number of carbonyl (C=O) groups is 2. The molecule has 1 saturated heterocycles. The highest BCUT2D eigenvalue weighted by Gasteiger charge is 2.21. The highest BCUT2D eigenvalue weighted by molar-refractivity contribution is 5.94. The molecule has 1 saturated carbocycles. The highest BCUT2D eigenvalue weighted by atomic mass is 16.5. The van der Waals surface area contributed by atoms with Gasteiger partial charge in [0, 0.05) is 18.8 Å². The Morgan fingerprint density at radius 3 is 3.04 bits per heavy atom. The van der Waals surface area contributed by atoms with Gasteiger partial charge in [-0.1, -0.05) is 31.9 Å². The molecule has 2 atom stereocenters. The van der Waals surface area contributed by atoms with Gasteiger partial charge in [0.15, 0.2) is 0 Å². The van der Waals surface area contributed by atoms with E-state index < -0.39 is 0 Å². The fourth-order valence-electron chi connectivity index (χ4n) is 3.69. The lowest BCUT2D eigenvalue weighted by Crippen LogP contribution is -2.49. The summed E-state index contributed by atoms with van der Waals surface area (Å²) in [7, 11) is 0. The summed E-state index contributed by atoms with van der Waals surface area (Å²) in [6.45, 7) is 4.22. The van der Waals surface area contributed by atoms with Crippen LogP contribution in [-0.2, 0) is 16.1 Å². The lowest BCUT2D eigenvalue weighted by atomic mass is 9.89. The summed E-state index contributed by atoms with van der Waals surface area (Å²) in [5.41, 5.74) is 1.79. The van der Waals surface area contributed by atoms with E-state index in [1.165, 1.54) is 17.7 Å². The zero-order chi connectivity index (χ0) is 18.4. The summed E-state index contributed by atoms with van der Waals surface area (Å²) < 4.78 is 6.06. The van der Waals surface area contributed by atoms with Gasteiger partial charge in [-0.3, -0.25) is 4.79 Å². The second-order valence-electron chi connectivity index (χ2n) is 7.46. The summed E-state index contributed by atoms with van der Waals surface area (Å²) in [5, 5.41) is 5.63. The number of amides is 3. The van der Waals surface area contributed by atoms with Gasteiger partial charge in [-0.2, -0.15) is 0 Å². The lowest BCUT2D eigenvalue weighted by molar-refractivity contribution is -0.116. The second kappa shape index (κ2) is 9.03. The fraction of sp³-hybridized carbons (Fsp3) is 0.600. The molecular formula is C20H29N3O3. The largest absolute Gasteiger partial charge is 0.374 e. The van der Waals surface area contributed by atoms with Crippen LogP contribution in [-0.4, -0.2) is 42.6 Å². The van der Waals surface area contributed by atoms with Gasteiger partial charge in [-0.05, 0) is 42.9 Å². The molecule has 3 amide bonds. The second-order valence-corrected chi connectivity index (χ2v) is 7.46. The fourth-order valence-corrected chi connectivity index (χ4v) is 3.69. The minimum atomic E-state index is -0.179. The van der Waals surface area contributed by atoms with E-state index in [-0.39, 0.29) is 18.5 Å². The van der Waals surface area contributed by atoms with Crippen molar-refractivity contribution in [1.29, 1.82) is 0 Å². The molecule has 1 aliphatic carbocycles. The van der Waals surface area contributed by atoms with Crippen molar-refractivity contribution < 1.29 is 14.3 Å². The molecular weight excluding hydrogens is 330 g/mol. The molecule has 0 spiro atoms. The molecule has 1 aliphatic heterocycles. The zero-order valence-corrected chi connectivity index (χ0v) is 15.5. The predicted molar refractivity (Wildman–Crippen MR) is 101 cm³/mol. The average molecular weight is 359 g/mol. The van der Waals surface area contributed by atoms with E-state index in [2.05, 4.69) is 17.6 Å².